The Morgan fingerprint density at radius 3 is 2.88 bits per heavy atom. The molecule has 1 atom stereocenters. The molecule has 0 heterocycles. The average molecular weight is 111 g/mol. The Bertz CT molecular complexity index is 128. The van der Waals surface area contributed by atoms with E-state index in [1.807, 2.05) is 6.08 Å². The van der Waals surface area contributed by atoms with E-state index in [0.29, 0.717) is 0 Å². The van der Waals surface area contributed by atoms with E-state index < -0.39 is 0 Å². The zero-order valence-electron chi connectivity index (χ0n) is 4.63. The number of allylic oxidation sites excluding steroid dienone is 1. The van der Waals surface area contributed by atoms with E-state index in [0.717, 1.165) is 12.8 Å². The molecule has 0 spiro atoms. The Balaban J connectivity index is 2.60. The maximum absolute atomic E-state index is 10.6. The van der Waals surface area contributed by atoms with E-state index in [2.05, 4.69) is 0 Å². The monoisotopic (exact) mass is 111 g/mol. The maximum Gasteiger partial charge on any atom is 0.172 e. The lowest BCUT2D eigenvalue weighted by atomic mass is 10.0. The van der Waals surface area contributed by atoms with Gasteiger partial charge in [0, 0.05) is 0 Å². The smallest absolute Gasteiger partial charge is 0.172 e. The average Bonchev–Trinajstić information content (AvgIpc) is 1.77. The largest absolute Gasteiger partial charge is 0.321 e. The lowest BCUT2D eigenvalue weighted by Crippen LogP contribution is -2.30. The van der Waals surface area contributed by atoms with E-state index in [4.69, 9.17) is 5.73 Å². The van der Waals surface area contributed by atoms with Gasteiger partial charge in [-0.1, -0.05) is 6.08 Å². The van der Waals surface area contributed by atoms with Gasteiger partial charge < -0.3 is 5.73 Å². The lowest BCUT2D eigenvalue weighted by molar-refractivity contribution is -0.116. The van der Waals surface area contributed by atoms with Crippen molar-refractivity contribution in [2.24, 2.45) is 5.73 Å². The third-order valence-electron chi connectivity index (χ3n) is 1.29. The Morgan fingerprint density at radius 1 is 1.75 bits per heavy atom. The second-order valence-corrected chi connectivity index (χ2v) is 1.99. The van der Waals surface area contributed by atoms with Crippen LogP contribution >= 0.6 is 0 Å². The van der Waals surface area contributed by atoms with Crippen molar-refractivity contribution >= 4 is 5.78 Å². The van der Waals surface area contributed by atoms with E-state index in [9.17, 15) is 4.79 Å². The summed E-state index contributed by atoms with van der Waals surface area (Å²) in [5, 5.41) is 0. The van der Waals surface area contributed by atoms with Crippen LogP contribution in [0.1, 0.15) is 12.8 Å². The van der Waals surface area contributed by atoms with E-state index >= 15 is 0 Å². The first kappa shape index (κ1) is 5.51. The van der Waals surface area contributed by atoms with Crippen molar-refractivity contribution in [3.63, 3.8) is 0 Å². The molecular weight excluding hydrogens is 102 g/mol. The molecule has 2 heteroatoms. The van der Waals surface area contributed by atoms with Crippen LogP contribution in [-0.2, 0) is 4.79 Å². The van der Waals surface area contributed by atoms with Crippen molar-refractivity contribution in [2.75, 3.05) is 0 Å². The summed E-state index contributed by atoms with van der Waals surface area (Å²) >= 11 is 0. The minimum atomic E-state index is -0.222. The summed E-state index contributed by atoms with van der Waals surface area (Å²) in [7, 11) is 0. The molecule has 1 aliphatic carbocycles. The number of nitrogens with two attached hydrogens (primary N) is 1. The van der Waals surface area contributed by atoms with Gasteiger partial charge in [0.2, 0.25) is 0 Å². The van der Waals surface area contributed by atoms with Crippen LogP contribution in [0, 0.1) is 0 Å². The molecule has 2 nitrogen and oxygen atoms in total. The maximum atomic E-state index is 10.6. The summed E-state index contributed by atoms with van der Waals surface area (Å²) in [5.74, 6) is 0.0660. The molecule has 0 saturated heterocycles. The number of carbonyl (C=O) groups is 1. The molecular formula is C6H9NO. The molecule has 1 aliphatic rings. The van der Waals surface area contributed by atoms with Gasteiger partial charge in [-0.2, -0.15) is 0 Å². The van der Waals surface area contributed by atoms with Gasteiger partial charge in [0.05, 0.1) is 6.04 Å². The van der Waals surface area contributed by atoms with Crippen LogP contribution < -0.4 is 5.73 Å². The van der Waals surface area contributed by atoms with Gasteiger partial charge in [-0.15, -0.1) is 0 Å². The van der Waals surface area contributed by atoms with Gasteiger partial charge in [-0.05, 0) is 18.9 Å². The highest BCUT2D eigenvalue weighted by molar-refractivity contribution is 5.94. The molecule has 0 saturated carbocycles. The summed E-state index contributed by atoms with van der Waals surface area (Å²) in [5.41, 5.74) is 5.38. The Morgan fingerprint density at radius 2 is 2.50 bits per heavy atom. The van der Waals surface area contributed by atoms with Crippen molar-refractivity contribution in [1.29, 1.82) is 0 Å². The molecule has 0 radical (unpaired) electrons. The summed E-state index contributed by atoms with van der Waals surface area (Å²) in [6.45, 7) is 0. The SMILES string of the molecule is N[C@@H]1CCC=CC1=O. The molecule has 0 bridgehead atoms. The number of carbonyl (C=O) groups excluding carboxylic acids is 1. The number of ketones is 1. The van der Waals surface area contributed by atoms with Crippen molar-refractivity contribution in [1.82, 2.24) is 0 Å². The quantitative estimate of drug-likeness (QED) is 0.486. The number of hydrogen-bond donors (Lipinski definition) is 1. The highest BCUT2D eigenvalue weighted by Gasteiger charge is 2.11. The molecule has 0 unspecified atom stereocenters. The fourth-order valence-electron chi connectivity index (χ4n) is 0.741. The van der Waals surface area contributed by atoms with Crippen LogP contribution in [0.3, 0.4) is 0 Å². The number of hydrogen-bond acceptors (Lipinski definition) is 2. The molecule has 0 aromatic carbocycles. The van der Waals surface area contributed by atoms with Crippen LogP contribution in [0.2, 0.25) is 0 Å². The van der Waals surface area contributed by atoms with Gasteiger partial charge in [-0.25, -0.2) is 0 Å². The van der Waals surface area contributed by atoms with Crippen LogP contribution in [-0.4, -0.2) is 11.8 Å². The van der Waals surface area contributed by atoms with Gasteiger partial charge in [0.15, 0.2) is 5.78 Å². The Hall–Kier alpha value is -0.630. The minimum absolute atomic E-state index is 0.0660. The molecule has 1 rings (SSSR count). The first-order valence-corrected chi connectivity index (χ1v) is 2.76. The fraction of sp³-hybridized carbons (Fsp3) is 0.500. The molecule has 44 valence electrons. The fourth-order valence-corrected chi connectivity index (χ4v) is 0.741. The molecule has 0 aromatic heterocycles. The zero-order chi connectivity index (χ0) is 5.98. The molecule has 0 aliphatic heterocycles. The van der Waals surface area contributed by atoms with Crippen LogP contribution in [0.5, 0.6) is 0 Å². The Labute approximate surface area is 48.4 Å². The normalized spacial score (nSPS) is 28.6. The summed E-state index contributed by atoms with van der Waals surface area (Å²) < 4.78 is 0. The van der Waals surface area contributed by atoms with Crippen LogP contribution in [0.15, 0.2) is 12.2 Å². The van der Waals surface area contributed by atoms with Crippen LogP contribution in [0.25, 0.3) is 0 Å². The minimum Gasteiger partial charge on any atom is -0.321 e. The van der Waals surface area contributed by atoms with Gasteiger partial charge in [-0.3, -0.25) is 4.79 Å². The molecule has 0 aromatic rings. The summed E-state index contributed by atoms with van der Waals surface area (Å²) in [4.78, 5) is 10.6. The first-order valence-electron chi connectivity index (χ1n) is 2.76. The van der Waals surface area contributed by atoms with E-state index in [1.165, 1.54) is 0 Å². The molecule has 0 fully saturated rings. The summed E-state index contributed by atoms with van der Waals surface area (Å²) in [6, 6.07) is -0.222. The predicted molar refractivity (Wildman–Crippen MR) is 31.4 cm³/mol. The standard InChI is InChI=1S/C6H9NO/c7-5-3-1-2-4-6(5)8/h2,4-5H,1,3,7H2/t5-/m1/s1. The predicted octanol–water partition coefficient (Wildman–Crippen LogP) is 0.233. The molecule has 0 amide bonds. The van der Waals surface area contributed by atoms with Crippen molar-refractivity contribution < 1.29 is 4.79 Å². The van der Waals surface area contributed by atoms with Crippen molar-refractivity contribution in [3.05, 3.63) is 12.2 Å². The molecule has 2 N–H and O–H groups in total. The summed E-state index contributed by atoms with van der Waals surface area (Å²) in [6.07, 6.45) is 5.20. The highest BCUT2D eigenvalue weighted by atomic mass is 16.1. The highest BCUT2D eigenvalue weighted by Crippen LogP contribution is 2.03. The third kappa shape index (κ3) is 0.954. The van der Waals surface area contributed by atoms with Gasteiger partial charge >= 0.3 is 0 Å². The lowest BCUT2D eigenvalue weighted by Gasteiger charge is -2.08. The van der Waals surface area contributed by atoms with E-state index in [-0.39, 0.29) is 11.8 Å². The second kappa shape index (κ2) is 2.09. The van der Waals surface area contributed by atoms with Gasteiger partial charge in [0.1, 0.15) is 0 Å². The third-order valence-corrected chi connectivity index (χ3v) is 1.29. The first-order chi connectivity index (χ1) is 3.80. The van der Waals surface area contributed by atoms with Crippen molar-refractivity contribution in [3.8, 4) is 0 Å². The topological polar surface area (TPSA) is 43.1 Å². The van der Waals surface area contributed by atoms with Crippen molar-refractivity contribution in [2.45, 2.75) is 18.9 Å². The van der Waals surface area contributed by atoms with E-state index in [1.54, 1.807) is 6.08 Å². The molecule has 8 heavy (non-hydrogen) atoms. The second-order valence-electron chi connectivity index (χ2n) is 1.99. The van der Waals surface area contributed by atoms with Crippen LogP contribution in [0.4, 0.5) is 0 Å². The number of rotatable bonds is 0. The zero-order valence-corrected chi connectivity index (χ0v) is 4.63. The van der Waals surface area contributed by atoms with Gasteiger partial charge in [0.25, 0.3) is 0 Å². The Kier molecular flexibility index (Phi) is 1.44.